The molecule has 2 nitrogen and oxygen atoms in total. The standard InChI is InChI=1S/C11H13ClN2/c1-3-4-9(2)14-7-10-5-6-13-8-11(10)12/h1,5-6,8-9,14H,4,7H2,2H3. The topological polar surface area (TPSA) is 24.9 Å². The average molecular weight is 209 g/mol. The van der Waals surface area contributed by atoms with Gasteiger partial charge in [0.25, 0.3) is 0 Å². The molecule has 0 amide bonds. The minimum absolute atomic E-state index is 0.309. The Morgan fingerprint density at radius 3 is 3.14 bits per heavy atom. The van der Waals surface area contributed by atoms with Crippen molar-refractivity contribution < 1.29 is 0 Å². The summed E-state index contributed by atoms with van der Waals surface area (Å²) in [5.74, 6) is 2.61. The van der Waals surface area contributed by atoms with Crippen LogP contribution in [0.15, 0.2) is 18.5 Å². The minimum Gasteiger partial charge on any atom is -0.309 e. The Morgan fingerprint density at radius 2 is 2.50 bits per heavy atom. The summed E-state index contributed by atoms with van der Waals surface area (Å²) in [6, 6.07) is 2.21. The molecule has 3 heteroatoms. The highest BCUT2D eigenvalue weighted by Gasteiger charge is 2.02. The van der Waals surface area contributed by atoms with Crippen LogP contribution in [-0.2, 0) is 6.54 Å². The molecule has 0 saturated heterocycles. The van der Waals surface area contributed by atoms with E-state index in [9.17, 15) is 0 Å². The van der Waals surface area contributed by atoms with Crippen molar-refractivity contribution in [1.82, 2.24) is 10.3 Å². The first-order valence-corrected chi connectivity index (χ1v) is 4.87. The van der Waals surface area contributed by atoms with E-state index in [1.807, 2.05) is 6.07 Å². The van der Waals surface area contributed by atoms with Crippen LogP contribution >= 0.6 is 11.6 Å². The fraction of sp³-hybridized carbons (Fsp3) is 0.364. The van der Waals surface area contributed by atoms with Gasteiger partial charge in [-0.15, -0.1) is 12.3 Å². The number of terminal acetylenes is 1. The molecule has 0 aliphatic carbocycles. The second-order valence-corrected chi connectivity index (χ2v) is 3.56. The molecule has 0 radical (unpaired) electrons. The van der Waals surface area contributed by atoms with Crippen LogP contribution in [0.5, 0.6) is 0 Å². The second kappa shape index (κ2) is 5.64. The van der Waals surface area contributed by atoms with Gasteiger partial charge in [-0.1, -0.05) is 11.6 Å². The van der Waals surface area contributed by atoms with Crippen LogP contribution in [0.1, 0.15) is 18.9 Å². The van der Waals surface area contributed by atoms with Crippen LogP contribution in [-0.4, -0.2) is 11.0 Å². The van der Waals surface area contributed by atoms with Crippen molar-refractivity contribution in [2.45, 2.75) is 25.9 Å². The molecule has 14 heavy (non-hydrogen) atoms. The van der Waals surface area contributed by atoms with Gasteiger partial charge in [0.2, 0.25) is 0 Å². The largest absolute Gasteiger partial charge is 0.309 e. The number of hydrogen-bond acceptors (Lipinski definition) is 2. The highest BCUT2D eigenvalue weighted by Crippen LogP contribution is 2.12. The molecule has 1 heterocycles. The summed E-state index contributed by atoms with van der Waals surface area (Å²) in [4.78, 5) is 3.92. The highest BCUT2D eigenvalue weighted by atomic mass is 35.5. The van der Waals surface area contributed by atoms with Crippen molar-refractivity contribution >= 4 is 11.6 Å². The van der Waals surface area contributed by atoms with Crippen molar-refractivity contribution in [3.05, 3.63) is 29.0 Å². The number of pyridine rings is 1. The maximum Gasteiger partial charge on any atom is 0.0634 e. The summed E-state index contributed by atoms with van der Waals surface area (Å²) < 4.78 is 0. The Morgan fingerprint density at radius 1 is 1.71 bits per heavy atom. The molecule has 0 aliphatic rings. The Balaban J connectivity index is 2.46. The van der Waals surface area contributed by atoms with Gasteiger partial charge in [-0.05, 0) is 18.6 Å². The van der Waals surface area contributed by atoms with Crippen molar-refractivity contribution in [2.75, 3.05) is 0 Å². The van der Waals surface area contributed by atoms with E-state index in [4.69, 9.17) is 18.0 Å². The highest BCUT2D eigenvalue weighted by molar-refractivity contribution is 6.31. The number of hydrogen-bond donors (Lipinski definition) is 1. The van der Waals surface area contributed by atoms with Gasteiger partial charge in [-0.25, -0.2) is 0 Å². The van der Waals surface area contributed by atoms with E-state index in [-0.39, 0.29) is 0 Å². The Hall–Kier alpha value is -1.04. The molecule has 0 fully saturated rings. The van der Waals surface area contributed by atoms with Crippen LogP contribution in [0.4, 0.5) is 0 Å². The van der Waals surface area contributed by atoms with E-state index in [0.29, 0.717) is 11.1 Å². The van der Waals surface area contributed by atoms with Gasteiger partial charge in [-0.2, -0.15) is 0 Å². The SMILES string of the molecule is C#CCC(C)NCc1ccncc1Cl. The zero-order valence-corrected chi connectivity index (χ0v) is 8.88. The monoisotopic (exact) mass is 208 g/mol. The van der Waals surface area contributed by atoms with Gasteiger partial charge in [0.05, 0.1) is 5.02 Å². The normalized spacial score (nSPS) is 12.1. The first-order valence-electron chi connectivity index (χ1n) is 4.49. The summed E-state index contributed by atoms with van der Waals surface area (Å²) in [5, 5.41) is 3.97. The molecule has 74 valence electrons. The third-order valence-electron chi connectivity index (χ3n) is 1.92. The van der Waals surface area contributed by atoms with Gasteiger partial charge in [0, 0.05) is 31.4 Å². The first kappa shape index (κ1) is 11.0. The molecule has 0 aromatic carbocycles. The lowest BCUT2D eigenvalue weighted by Crippen LogP contribution is -2.24. The minimum atomic E-state index is 0.309. The Bertz CT molecular complexity index is 330. The van der Waals surface area contributed by atoms with Crippen molar-refractivity contribution in [2.24, 2.45) is 0 Å². The smallest absolute Gasteiger partial charge is 0.0634 e. The van der Waals surface area contributed by atoms with Gasteiger partial charge in [0.15, 0.2) is 0 Å². The van der Waals surface area contributed by atoms with Gasteiger partial charge in [0.1, 0.15) is 0 Å². The predicted molar refractivity (Wildman–Crippen MR) is 59.0 cm³/mol. The molecule has 1 rings (SSSR count). The number of nitrogens with one attached hydrogen (secondary N) is 1. The van der Waals surface area contributed by atoms with Crippen LogP contribution in [0, 0.1) is 12.3 Å². The fourth-order valence-corrected chi connectivity index (χ4v) is 1.27. The first-order chi connectivity index (χ1) is 6.74. The zero-order valence-electron chi connectivity index (χ0n) is 8.13. The van der Waals surface area contributed by atoms with E-state index < -0.39 is 0 Å². The van der Waals surface area contributed by atoms with E-state index >= 15 is 0 Å². The fourth-order valence-electron chi connectivity index (χ4n) is 1.08. The number of rotatable bonds is 4. The third-order valence-corrected chi connectivity index (χ3v) is 2.26. The predicted octanol–water partition coefficient (Wildman–Crippen LogP) is 2.24. The van der Waals surface area contributed by atoms with Crippen LogP contribution < -0.4 is 5.32 Å². The molecule has 0 saturated carbocycles. The summed E-state index contributed by atoms with van der Waals surface area (Å²) in [5.41, 5.74) is 1.05. The molecule has 1 unspecified atom stereocenters. The van der Waals surface area contributed by atoms with Crippen molar-refractivity contribution in [3.63, 3.8) is 0 Å². The van der Waals surface area contributed by atoms with Crippen molar-refractivity contribution in [1.29, 1.82) is 0 Å². The summed E-state index contributed by atoms with van der Waals surface area (Å²) in [7, 11) is 0. The molecular formula is C11H13ClN2. The maximum atomic E-state index is 5.94. The molecular weight excluding hydrogens is 196 g/mol. The second-order valence-electron chi connectivity index (χ2n) is 3.16. The number of aromatic nitrogens is 1. The van der Waals surface area contributed by atoms with Crippen LogP contribution in [0.25, 0.3) is 0 Å². The summed E-state index contributed by atoms with van der Waals surface area (Å²) in [6.45, 7) is 2.78. The molecule has 1 aromatic rings. The molecule has 1 atom stereocenters. The molecule has 1 N–H and O–H groups in total. The third kappa shape index (κ3) is 3.37. The summed E-state index contributed by atoms with van der Waals surface area (Å²) in [6.07, 6.45) is 9.30. The van der Waals surface area contributed by atoms with Crippen LogP contribution in [0.2, 0.25) is 5.02 Å². The van der Waals surface area contributed by atoms with E-state index in [2.05, 4.69) is 23.1 Å². The van der Waals surface area contributed by atoms with Gasteiger partial charge in [-0.3, -0.25) is 4.98 Å². The molecule has 0 aliphatic heterocycles. The van der Waals surface area contributed by atoms with E-state index in [1.54, 1.807) is 12.4 Å². The molecule has 1 aromatic heterocycles. The van der Waals surface area contributed by atoms with Crippen molar-refractivity contribution in [3.8, 4) is 12.3 Å². The van der Waals surface area contributed by atoms with E-state index in [1.165, 1.54) is 0 Å². The van der Waals surface area contributed by atoms with E-state index in [0.717, 1.165) is 18.5 Å². The molecule has 0 spiro atoms. The quantitative estimate of drug-likeness (QED) is 0.768. The maximum absolute atomic E-state index is 5.94. The van der Waals surface area contributed by atoms with Gasteiger partial charge < -0.3 is 5.32 Å². The average Bonchev–Trinajstić information content (AvgIpc) is 2.17. The zero-order chi connectivity index (χ0) is 10.4. The number of halogens is 1. The Labute approximate surface area is 89.7 Å². The lowest BCUT2D eigenvalue weighted by atomic mass is 10.2. The lowest BCUT2D eigenvalue weighted by molar-refractivity contribution is 0.559. The van der Waals surface area contributed by atoms with Gasteiger partial charge >= 0.3 is 0 Å². The lowest BCUT2D eigenvalue weighted by Gasteiger charge is -2.11. The Kier molecular flexibility index (Phi) is 4.45. The van der Waals surface area contributed by atoms with Crippen LogP contribution in [0.3, 0.4) is 0 Å². The number of nitrogens with zero attached hydrogens (tertiary/aromatic N) is 1. The summed E-state index contributed by atoms with van der Waals surface area (Å²) >= 11 is 5.94. The molecule has 0 bridgehead atoms.